The summed E-state index contributed by atoms with van der Waals surface area (Å²) in [4.78, 5) is 0. The van der Waals surface area contributed by atoms with E-state index in [-0.39, 0.29) is 0 Å². The normalized spacial score (nSPS) is 65.3. The van der Waals surface area contributed by atoms with Gasteiger partial charge in [-0.3, -0.25) is 0 Å². The second-order valence-corrected chi connectivity index (χ2v) is 8.12. The van der Waals surface area contributed by atoms with Crippen molar-refractivity contribution in [2.45, 2.75) is 58.5 Å². The molecule has 0 aromatic heterocycles. The van der Waals surface area contributed by atoms with Crippen molar-refractivity contribution in [3.05, 3.63) is 0 Å². The highest BCUT2D eigenvalue weighted by Gasteiger charge is 2.77. The third-order valence-corrected chi connectivity index (χ3v) is 7.89. The van der Waals surface area contributed by atoms with E-state index in [1.807, 2.05) is 0 Å². The first-order chi connectivity index (χ1) is 7.93. The maximum atomic E-state index is 3.58. The van der Waals surface area contributed by atoms with Crippen LogP contribution < -0.4 is 0 Å². The minimum atomic E-state index is 0.448. The lowest BCUT2D eigenvalue weighted by Gasteiger charge is -2.45. The predicted molar refractivity (Wildman–Crippen MR) is 70.1 cm³/mol. The molecule has 1 aliphatic heterocycles. The Morgan fingerprint density at radius 2 is 1.82 bits per heavy atom. The molecule has 1 nitrogen and oxygen atoms in total. The molecule has 17 heavy (non-hydrogen) atoms. The van der Waals surface area contributed by atoms with Crippen molar-refractivity contribution >= 4 is 0 Å². The summed E-state index contributed by atoms with van der Waals surface area (Å²) in [6.45, 7) is 8.96. The highest BCUT2D eigenvalue weighted by atomic mass is 16.7. The summed E-state index contributed by atoms with van der Waals surface area (Å²) >= 11 is 0. The number of hydrogen-bond acceptors (Lipinski definition) is 0. The molecule has 4 fully saturated rings. The molecule has 0 N–H and O–H groups in total. The van der Waals surface area contributed by atoms with E-state index in [9.17, 15) is 0 Å². The van der Waals surface area contributed by atoms with Gasteiger partial charge in [0.2, 0.25) is 0 Å². The molecule has 4 rings (SSSR count). The fraction of sp³-hybridized carbons (Fsp3) is 1.00. The molecule has 4 unspecified atom stereocenters. The maximum absolute atomic E-state index is 3.58. The summed E-state index contributed by atoms with van der Waals surface area (Å²) in [5, 5.41) is 0. The zero-order valence-electron chi connectivity index (χ0n) is 11.9. The molecule has 0 radical (unpaired) electrons. The Labute approximate surface area is 106 Å². The van der Waals surface area contributed by atoms with Crippen LogP contribution in [0, 0.1) is 28.6 Å². The van der Waals surface area contributed by atoms with Crippen LogP contribution in [-0.2, 0) is 4.37 Å². The lowest BCUT2D eigenvalue weighted by Crippen LogP contribution is -2.45. The van der Waals surface area contributed by atoms with Crippen molar-refractivity contribution in [3.8, 4) is 0 Å². The molecule has 1 saturated heterocycles. The van der Waals surface area contributed by atoms with Crippen LogP contribution in [0.15, 0.2) is 0 Å². The second-order valence-electron chi connectivity index (χ2n) is 8.12. The average Bonchev–Trinajstić information content (AvgIpc) is 2.76. The lowest BCUT2D eigenvalue weighted by molar-refractivity contribution is -0.222. The van der Waals surface area contributed by atoms with Gasteiger partial charge in [-0.1, -0.05) is 13.8 Å². The Hall–Kier alpha value is -0.0400. The molecule has 0 aromatic rings. The molecule has 3 saturated carbocycles. The van der Waals surface area contributed by atoms with Crippen molar-refractivity contribution in [3.63, 3.8) is 0 Å². The quantitative estimate of drug-likeness (QED) is 0.562. The first-order valence-electron chi connectivity index (χ1n) is 7.56. The monoisotopic (exact) mass is 235 g/mol. The van der Waals surface area contributed by atoms with Gasteiger partial charge in [0, 0.05) is 19.3 Å². The summed E-state index contributed by atoms with van der Waals surface area (Å²) < 4.78 is 3.58. The van der Waals surface area contributed by atoms with E-state index in [2.05, 4.69) is 32.2 Å². The zero-order valence-corrected chi connectivity index (χ0v) is 11.9. The molecule has 6 atom stereocenters. The van der Waals surface area contributed by atoms with Gasteiger partial charge >= 0.3 is 0 Å². The van der Waals surface area contributed by atoms with Crippen molar-refractivity contribution in [1.29, 1.82) is 0 Å². The van der Waals surface area contributed by atoms with Crippen LogP contribution in [0.25, 0.3) is 0 Å². The van der Waals surface area contributed by atoms with Gasteiger partial charge in [0.1, 0.15) is 7.11 Å². The fourth-order valence-electron chi connectivity index (χ4n) is 6.86. The smallest absolute Gasteiger partial charge is 0.166 e. The van der Waals surface area contributed by atoms with Gasteiger partial charge in [-0.25, -0.2) is 0 Å². The van der Waals surface area contributed by atoms with Crippen molar-refractivity contribution in [2.75, 3.05) is 13.7 Å². The molecule has 3 aliphatic carbocycles. The first kappa shape index (κ1) is 10.8. The molecule has 4 aliphatic rings. The molecule has 0 aromatic carbocycles. The fourth-order valence-corrected chi connectivity index (χ4v) is 6.86. The van der Waals surface area contributed by atoms with Crippen LogP contribution in [0.2, 0.25) is 0 Å². The molecule has 1 spiro atoms. The topological polar surface area (TPSA) is 2.70 Å². The van der Waals surface area contributed by atoms with Gasteiger partial charge in [-0.05, 0) is 42.9 Å². The van der Waals surface area contributed by atoms with Crippen LogP contribution in [0.5, 0.6) is 0 Å². The highest BCUT2D eigenvalue weighted by Crippen LogP contribution is 2.77. The van der Waals surface area contributed by atoms with E-state index in [1.165, 1.54) is 38.7 Å². The van der Waals surface area contributed by atoms with Gasteiger partial charge in [-0.2, -0.15) is 0 Å². The van der Waals surface area contributed by atoms with Gasteiger partial charge in [-0.15, -0.1) is 0 Å². The molecule has 1 heteroatoms. The Balaban J connectivity index is 1.87. The van der Waals surface area contributed by atoms with E-state index in [0.717, 1.165) is 23.2 Å². The average molecular weight is 235 g/mol. The van der Waals surface area contributed by atoms with Crippen molar-refractivity contribution in [2.24, 2.45) is 28.6 Å². The van der Waals surface area contributed by atoms with Gasteiger partial charge < -0.3 is 4.37 Å². The summed E-state index contributed by atoms with van der Waals surface area (Å²) in [6.07, 6.45) is 7.47. The minimum Gasteiger partial charge on any atom is -0.419 e. The van der Waals surface area contributed by atoms with Crippen LogP contribution in [0.3, 0.4) is 0 Å². The SMILES string of the molecule is CC1CC[C@@H]2C3(C)C[O+](C)[C@]4(C)CCC12CC34. The number of rotatable bonds is 0. The molecular weight excluding hydrogens is 208 g/mol. The summed E-state index contributed by atoms with van der Waals surface area (Å²) in [5.74, 6) is 2.97. The number of fused-ring (bicyclic) bond motifs is 1. The third kappa shape index (κ3) is 0.926. The van der Waals surface area contributed by atoms with E-state index in [0.29, 0.717) is 11.0 Å². The van der Waals surface area contributed by atoms with Crippen LogP contribution in [0.1, 0.15) is 52.9 Å². The molecule has 0 amide bonds. The Morgan fingerprint density at radius 1 is 1.06 bits per heavy atom. The molecule has 2 bridgehead atoms. The van der Waals surface area contributed by atoms with E-state index >= 15 is 0 Å². The number of hydrogen-bond donors (Lipinski definition) is 0. The summed E-state index contributed by atoms with van der Waals surface area (Å²) in [7, 11) is 2.30. The second kappa shape index (κ2) is 2.76. The van der Waals surface area contributed by atoms with E-state index in [4.69, 9.17) is 0 Å². The van der Waals surface area contributed by atoms with Crippen LogP contribution in [-0.4, -0.2) is 19.3 Å². The minimum absolute atomic E-state index is 0.448. The largest absolute Gasteiger partial charge is 0.419 e. The van der Waals surface area contributed by atoms with Crippen molar-refractivity contribution < 1.29 is 4.37 Å². The summed E-state index contributed by atoms with van der Waals surface area (Å²) in [6, 6.07) is 0. The zero-order chi connectivity index (χ0) is 12.1. The van der Waals surface area contributed by atoms with Gasteiger partial charge in [0.15, 0.2) is 12.2 Å². The molecule has 96 valence electrons. The third-order valence-electron chi connectivity index (χ3n) is 7.89. The van der Waals surface area contributed by atoms with Gasteiger partial charge in [0.05, 0.1) is 5.41 Å². The predicted octanol–water partition coefficient (Wildman–Crippen LogP) is 3.79. The Kier molecular flexibility index (Phi) is 1.76. The van der Waals surface area contributed by atoms with Crippen LogP contribution >= 0.6 is 0 Å². The first-order valence-corrected chi connectivity index (χ1v) is 7.56. The van der Waals surface area contributed by atoms with Gasteiger partial charge in [0.25, 0.3) is 0 Å². The standard InChI is InChI=1S/C16H27O/c1-11-5-6-12-14(2)10-17(4)15(3)7-8-16(11,12)9-13(14)15/h11-13H,5-10H2,1-4H3/q+1/t11?,12-,13?,14?,15-,16?/m1/s1. The molecular formula is C16H27O+. The highest BCUT2D eigenvalue weighted by molar-refractivity contribution is 5.21. The Morgan fingerprint density at radius 3 is 2.59 bits per heavy atom. The van der Waals surface area contributed by atoms with E-state index < -0.39 is 0 Å². The van der Waals surface area contributed by atoms with E-state index in [1.54, 1.807) is 0 Å². The summed E-state index contributed by atoms with van der Waals surface area (Å²) in [5.41, 5.74) is 1.81. The lowest BCUT2D eigenvalue weighted by atomic mass is 9.64. The molecule has 1 heterocycles. The Bertz CT molecular complexity index is 374. The van der Waals surface area contributed by atoms with Crippen molar-refractivity contribution in [1.82, 2.24) is 0 Å². The maximum Gasteiger partial charge on any atom is 0.166 e. The van der Waals surface area contributed by atoms with Crippen LogP contribution in [0.4, 0.5) is 0 Å².